The first-order valence-corrected chi connectivity index (χ1v) is 9.87. The van der Waals surface area contributed by atoms with Crippen molar-refractivity contribution in [1.29, 1.82) is 0 Å². The number of ether oxygens (including phenoxy) is 2. The number of esters is 2. The summed E-state index contributed by atoms with van der Waals surface area (Å²) in [4.78, 5) is 50.7. The highest BCUT2D eigenvalue weighted by Gasteiger charge is 2.40. The molecule has 1 N–H and O–H groups in total. The fraction of sp³-hybridized carbons (Fsp3) is 0.250. The van der Waals surface area contributed by atoms with Crippen LogP contribution in [0.4, 0.5) is 0 Å². The summed E-state index contributed by atoms with van der Waals surface area (Å²) in [6.45, 7) is 4.02. The highest BCUT2D eigenvalue weighted by Crippen LogP contribution is 2.47. The van der Waals surface area contributed by atoms with Crippen LogP contribution in [-0.4, -0.2) is 34.7 Å². The first-order valence-electron chi connectivity index (χ1n) is 9.87. The lowest BCUT2D eigenvalue weighted by molar-refractivity contribution is -0.133. The van der Waals surface area contributed by atoms with Crippen LogP contribution in [0.3, 0.4) is 0 Å². The molecule has 0 amide bonds. The number of hydrogen-bond donors (Lipinski definition) is 1. The number of carbonyl (C=O) groups is 4. The van der Waals surface area contributed by atoms with E-state index in [1.165, 1.54) is 26.0 Å². The van der Waals surface area contributed by atoms with Crippen molar-refractivity contribution >= 4 is 29.6 Å². The predicted octanol–water partition coefficient (Wildman–Crippen LogP) is 3.02. The molecular weight excluding hydrogens is 400 g/mol. The number of rotatable bonds is 3. The lowest BCUT2D eigenvalue weighted by atomic mass is 9.78. The molecule has 0 aromatic heterocycles. The SMILES string of the molecule is CC(=O)Oc1c2c(c(OC(C)=O)c3c1C(=O)c1ccccc1C3=O)CCC([C@H](C)O)=C2. The van der Waals surface area contributed by atoms with E-state index in [-0.39, 0.29) is 33.8 Å². The van der Waals surface area contributed by atoms with Gasteiger partial charge in [0.1, 0.15) is 5.75 Å². The highest BCUT2D eigenvalue weighted by molar-refractivity contribution is 6.31. The molecule has 0 unspecified atom stereocenters. The Morgan fingerprint density at radius 1 is 0.903 bits per heavy atom. The van der Waals surface area contributed by atoms with Gasteiger partial charge in [-0.2, -0.15) is 0 Å². The summed E-state index contributed by atoms with van der Waals surface area (Å²) in [5, 5.41) is 10.1. The molecule has 4 rings (SSSR count). The maximum Gasteiger partial charge on any atom is 0.308 e. The average Bonchev–Trinajstić information content (AvgIpc) is 2.72. The molecule has 158 valence electrons. The van der Waals surface area contributed by atoms with Crippen LogP contribution in [0.25, 0.3) is 6.08 Å². The zero-order valence-corrected chi connectivity index (χ0v) is 17.3. The first kappa shape index (κ1) is 20.7. The minimum atomic E-state index is -0.760. The Morgan fingerprint density at radius 2 is 1.42 bits per heavy atom. The third kappa shape index (κ3) is 3.37. The summed E-state index contributed by atoms with van der Waals surface area (Å²) >= 11 is 0. The topological polar surface area (TPSA) is 107 Å². The summed E-state index contributed by atoms with van der Waals surface area (Å²) in [5.41, 5.74) is 1.68. The fourth-order valence-electron chi connectivity index (χ4n) is 4.12. The van der Waals surface area contributed by atoms with Gasteiger partial charge in [-0.1, -0.05) is 24.3 Å². The van der Waals surface area contributed by atoms with Crippen LogP contribution in [0.1, 0.15) is 70.2 Å². The smallest absolute Gasteiger partial charge is 0.308 e. The van der Waals surface area contributed by atoms with Gasteiger partial charge in [-0.05, 0) is 31.4 Å². The van der Waals surface area contributed by atoms with Gasteiger partial charge in [0.25, 0.3) is 0 Å². The van der Waals surface area contributed by atoms with E-state index in [0.717, 1.165) is 0 Å². The Labute approximate surface area is 178 Å². The predicted molar refractivity (Wildman–Crippen MR) is 110 cm³/mol. The van der Waals surface area contributed by atoms with E-state index in [0.29, 0.717) is 29.5 Å². The van der Waals surface area contributed by atoms with Crippen molar-refractivity contribution in [2.75, 3.05) is 0 Å². The zero-order valence-electron chi connectivity index (χ0n) is 17.3. The van der Waals surface area contributed by atoms with Crippen molar-refractivity contribution in [2.24, 2.45) is 0 Å². The van der Waals surface area contributed by atoms with E-state index < -0.39 is 29.6 Å². The molecule has 2 aromatic rings. The molecule has 2 aliphatic rings. The Hall–Kier alpha value is -3.58. The number of aliphatic hydroxyl groups is 1. The molecule has 7 nitrogen and oxygen atoms in total. The van der Waals surface area contributed by atoms with Crippen LogP contribution in [0.5, 0.6) is 11.5 Å². The fourth-order valence-corrected chi connectivity index (χ4v) is 4.12. The molecular formula is C24H20O7. The first-order chi connectivity index (χ1) is 14.7. The van der Waals surface area contributed by atoms with E-state index in [4.69, 9.17) is 9.47 Å². The molecule has 0 heterocycles. The largest absolute Gasteiger partial charge is 0.426 e. The molecule has 0 saturated heterocycles. The molecule has 0 saturated carbocycles. The van der Waals surface area contributed by atoms with Crippen molar-refractivity contribution in [2.45, 2.75) is 39.7 Å². The second-order valence-corrected chi connectivity index (χ2v) is 7.59. The standard InChI is InChI=1S/C24H20O7/c1-11(25)14-8-9-17-18(10-14)24(31-13(3)27)20-19(23(17)30-12(2)26)21(28)15-6-4-5-7-16(15)22(20)29/h4-7,10-11,25H,8-9H2,1-3H3/t11-/m0/s1. The number of carbonyl (C=O) groups excluding carboxylic acids is 4. The summed E-state index contributed by atoms with van der Waals surface area (Å²) < 4.78 is 10.9. The molecule has 31 heavy (non-hydrogen) atoms. The van der Waals surface area contributed by atoms with Gasteiger partial charge in [0.2, 0.25) is 0 Å². The maximum atomic E-state index is 13.4. The van der Waals surface area contributed by atoms with Crippen molar-refractivity contribution in [3.8, 4) is 11.5 Å². The number of benzene rings is 2. The number of hydrogen-bond acceptors (Lipinski definition) is 7. The van der Waals surface area contributed by atoms with E-state index >= 15 is 0 Å². The van der Waals surface area contributed by atoms with Crippen LogP contribution < -0.4 is 9.47 Å². The van der Waals surface area contributed by atoms with Gasteiger partial charge in [0.15, 0.2) is 17.3 Å². The van der Waals surface area contributed by atoms with Crippen molar-refractivity contribution < 1.29 is 33.8 Å². The normalized spacial score (nSPS) is 15.3. The lowest BCUT2D eigenvalue weighted by Gasteiger charge is -2.28. The van der Waals surface area contributed by atoms with Crippen LogP contribution >= 0.6 is 0 Å². The molecule has 0 bridgehead atoms. The average molecular weight is 420 g/mol. The van der Waals surface area contributed by atoms with Gasteiger partial charge in [-0.15, -0.1) is 0 Å². The Morgan fingerprint density at radius 3 is 1.94 bits per heavy atom. The molecule has 0 aliphatic heterocycles. The summed E-state index contributed by atoms with van der Waals surface area (Å²) in [6, 6.07) is 6.34. The third-order valence-electron chi connectivity index (χ3n) is 5.44. The molecule has 2 aliphatic carbocycles. The summed E-state index contributed by atoms with van der Waals surface area (Å²) in [5.74, 6) is -2.35. The molecule has 0 spiro atoms. The van der Waals surface area contributed by atoms with E-state index in [1.807, 2.05) is 0 Å². The van der Waals surface area contributed by atoms with Crippen LogP contribution in [0, 0.1) is 0 Å². The number of aliphatic hydroxyl groups excluding tert-OH is 1. The van der Waals surface area contributed by atoms with E-state index in [1.54, 1.807) is 25.1 Å². The summed E-state index contributed by atoms with van der Waals surface area (Å²) in [7, 11) is 0. The van der Waals surface area contributed by atoms with Gasteiger partial charge in [-0.3, -0.25) is 19.2 Å². The Kier molecular flexibility index (Phi) is 5.07. The van der Waals surface area contributed by atoms with Crippen LogP contribution in [-0.2, 0) is 16.0 Å². The lowest BCUT2D eigenvalue weighted by Crippen LogP contribution is -2.26. The van der Waals surface area contributed by atoms with E-state index in [9.17, 15) is 24.3 Å². The second-order valence-electron chi connectivity index (χ2n) is 7.59. The number of ketones is 2. The summed E-state index contributed by atoms with van der Waals surface area (Å²) in [6.07, 6.45) is 1.66. The maximum absolute atomic E-state index is 13.4. The van der Waals surface area contributed by atoms with Crippen LogP contribution in [0.15, 0.2) is 29.8 Å². The highest BCUT2D eigenvalue weighted by atomic mass is 16.5. The number of fused-ring (bicyclic) bond motifs is 3. The molecule has 7 heteroatoms. The van der Waals surface area contributed by atoms with Crippen LogP contribution in [0.2, 0.25) is 0 Å². The Bertz CT molecular complexity index is 1200. The van der Waals surface area contributed by atoms with Gasteiger partial charge < -0.3 is 14.6 Å². The molecule has 2 aromatic carbocycles. The van der Waals surface area contributed by atoms with Gasteiger partial charge in [-0.25, -0.2) is 0 Å². The second kappa shape index (κ2) is 7.59. The van der Waals surface area contributed by atoms with Crippen molar-refractivity contribution in [1.82, 2.24) is 0 Å². The monoisotopic (exact) mass is 420 g/mol. The Balaban J connectivity index is 2.13. The van der Waals surface area contributed by atoms with Crippen molar-refractivity contribution in [3.05, 3.63) is 63.2 Å². The quantitative estimate of drug-likeness (QED) is 0.513. The molecule has 0 fully saturated rings. The van der Waals surface area contributed by atoms with Crippen molar-refractivity contribution in [3.63, 3.8) is 0 Å². The van der Waals surface area contributed by atoms with Gasteiger partial charge in [0, 0.05) is 36.1 Å². The minimum Gasteiger partial charge on any atom is -0.426 e. The third-order valence-corrected chi connectivity index (χ3v) is 5.44. The van der Waals surface area contributed by atoms with Gasteiger partial charge >= 0.3 is 11.9 Å². The molecule has 0 radical (unpaired) electrons. The minimum absolute atomic E-state index is 0.00199. The molecule has 1 atom stereocenters. The van der Waals surface area contributed by atoms with E-state index in [2.05, 4.69) is 0 Å². The van der Waals surface area contributed by atoms with Gasteiger partial charge in [0.05, 0.1) is 17.2 Å². The zero-order chi connectivity index (χ0) is 22.4.